The Morgan fingerprint density at radius 1 is 1.04 bits per heavy atom. The number of hydrogen-bond acceptors (Lipinski definition) is 12. The van der Waals surface area contributed by atoms with Gasteiger partial charge in [-0.05, 0) is 68.2 Å². The van der Waals surface area contributed by atoms with Crippen LogP contribution in [-0.2, 0) is 9.36 Å². The topological polar surface area (TPSA) is 149 Å². The average molecular weight is 827 g/mol. The predicted octanol–water partition coefficient (Wildman–Crippen LogP) is 6.22. The lowest BCUT2D eigenvalue weighted by molar-refractivity contribution is -0.192. The first kappa shape index (κ1) is 40.1. The lowest BCUT2D eigenvalue weighted by Gasteiger charge is -2.43. The Bertz CT molecular complexity index is 2000. The highest BCUT2D eigenvalue weighted by Crippen LogP contribution is 2.42. The van der Waals surface area contributed by atoms with Crippen LogP contribution < -0.4 is 25.6 Å². The van der Waals surface area contributed by atoms with E-state index in [0.717, 1.165) is 57.8 Å². The van der Waals surface area contributed by atoms with Crippen LogP contribution in [0.4, 0.5) is 46.4 Å². The fraction of sp³-hybridized carbons (Fsp3) is 0.441. The van der Waals surface area contributed by atoms with E-state index in [1.54, 1.807) is 38.8 Å². The number of aromatic nitrogens is 4. The van der Waals surface area contributed by atoms with Gasteiger partial charge in [-0.15, -0.1) is 0 Å². The van der Waals surface area contributed by atoms with Crippen LogP contribution in [0.15, 0.2) is 41.3 Å². The lowest BCUT2D eigenvalue weighted by Crippen LogP contribution is -2.52. The third kappa shape index (κ3) is 9.52. The first-order chi connectivity index (χ1) is 25.0. The highest BCUT2D eigenvalue weighted by atomic mass is 79.9. The summed E-state index contributed by atoms with van der Waals surface area (Å²) in [4.78, 5) is 34.0. The Morgan fingerprint density at radius 3 is 2.28 bits per heavy atom. The summed E-state index contributed by atoms with van der Waals surface area (Å²) in [6, 6.07) is 6.09. The summed E-state index contributed by atoms with van der Waals surface area (Å²) in [6.07, 6.45) is 1.78. The molecule has 2 saturated heterocycles. The Hall–Kier alpha value is -4.12. The monoisotopic (exact) mass is 825 g/mol. The van der Waals surface area contributed by atoms with E-state index in [0.29, 0.717) is 49.7 Å². The number of rotatable bonds is 8. The fourth-order valence-corrected chi connectivity index (χ4v) is 8.08. The van der Waals surface area contributed by atoms with Crippen molar-refractivity contribution in [3.05, 3.63) is 52.6 Å². The van der Waals surface area contributed by atoms with Gasteiger partial charge in [0.1, 0.15) is 29.9 Å². The molecule has 2 aliphatic heterocycles. The summed E-state index contributed by atoms with van der Waals surface area (Å²) in [6.45, 7) is 11.3. The second kappa shape index (κ2) is 16.5. The van der Waals surface area contributed by atoms with Crippen molar-refractivity contribution in [3.63, 3.8) is 0 Å². The highest BCUT2D eigenvalue weighted by molar-refractivity contribution is 9.10. The number of anilines is 5. The maximum atomic E-state index is 16.1. The Balaban J connectivity index is 0.000000705. The number of fused-ring (bicyclic) bond motifs is 1. The van der Waals surface area contributed by atoms with Crippen molar-refractivity contribution >= 4 is 74.2 Å². The largest absolute Gasteiger partial charge is 0.494 e. The molecule has 2 aromatic carbocycles. The van der Waals surface area contributed by atoms with E-state index >= 15 is 4.39 Å². The van der Waals surface area contributed by atoms with Crippen molar-refractivity contribution in [1.29, 1.82) is 0 Å². The molecule has 6 rings (SSSR count). The Morgan fingerprint density at radius 2 is 1.68 bits per heavy atom. The van der Waals surface area contributed by atoms with Crippen molar-refractivity contribution in [2.45, 2.75) is 32.0 Å². The molecule has 2 aliphatic rings. The number of methoxy groups -OCH3 is 1. The summed E-state index contributed by atoms with van der Waals surface area (Å²) in [5.74, 6) is -2.22. The molecule has 286 valence electrons. The van der Waals surface area contributed by atoms with Gasteiger partial charge in [-0.2, -0.15) is 18.2 Å². The predicted molar refractivity (Wildman–Crippen MR) is 201 cm³/mol. The third-order valence-corrected chi connectivity index (χ3v) is 11.3. The first-order valence-corrected chi connectivity index (χ1v) is 20.1. The van der Waals surface area contributed by atoms with Gasteiger partial charge in [0.25, 0.3) is 0 Å². The molecule has 0 saturated carbocycles. The summed E-state index contributed by atoms with van der Waals surface area (Å²) >= 11 is 3.52. The van der Waals surface area contributed by atoms with E-state index < -0.39 is 25.1 Å². The van der Waals surface area contributed by atoms with Gasteiger partial charge >= 0.3 is 12.1 Å². The summed E-state index contributed by atoms with van der Waals surface area (Å²) < 4.78 is 67.5. The quantitative estimate of drug-likeness (QED) is 0.137. The molecule has 0 amide bonds. The Kier molecular flexibility index (Phi) is 12.5. The number of nitrogens with zero attached hydrogens (tertiary/aromatic N) is 7. The average Bonchev–Trinajstić information content (AvgIpc) is 3.11. The molecule has 4 heterocycles. The fourth-order valence-electron chi connectivity index (χ4n) is 6.40. The number of carboxylic acid groups (broad SMARTS) is 1. The Labute approximate surface area is 312 Å². The molecule has 0 radical (unpaired) electrons. The van der Waals surface area contributed by atoms with Gasteiger partial charge in [0.2, 0.25) is 5.95 Å². The van der Waals surface area contributed by atoms with E-state index in [1.165, 1.54) is 7.11 Å². The van der Waals surface area contributed by atoms with Gasteiger partial charge in [-0.25, -0.2) is 14.2 Å². The van der Waals surface area contributed by atoms with Crippen molar-refractivity contribution in [2.24, 2.45) is 0 Å². The van der Waals surface area contributed by atoms with Gasteiger partial charge < -0.3 is 34.8 Å². The molecule has 0 bridgehead atoms. The zero-order valence-electron chi connectivity index (χ0n) is 29.8. The molecule has 2 aromatic heterocycles. The van der Waals surface area contributed by atoms with Gasteiger partial charge in [-0.3, -0.25) is 14.9 Å². The van der Waals surface area contributed by atoms with Crippen LogP contribution in [0.25, 0.3) is 11.0 Å². The second-order valence-corrected chi connectivity index (χ2v) is 17.2. The molecule has 4 aromatic rings. The van der Waals surface area contributed by atoms with E-state index in [-0.39, 0.29) is 11.6 Å². The number of nitrogens with one attached hydrogen (secondary N) is 2. The van der Waals surface area contributed by atoms with E-state index in [9.17, 15) is 17.7 Å². The maximum Gasteiger partial charge on any atom is 0.490 e. The molecule has 0 atom stereocenters. The van der Waals surface area contributed by atoms with Gasteiger partial charge in [-0.1, -0.05) is 0 Å². The van der Waals surface area contributed by atoms with Gasteiger partial charge in [0.15, 0.2) is 5.82 Å². The maximum absolute atomic E-state index is 16.1. The highest BCUT2D eigenvalue weighted by Gasteiger charge is 2.38. The molecule has 2 fully saturated rings. The van der Waals surface area contributed by atoms with Crippen LogP contribution in [0.5, 0.6) is 5.75 Å². The summed E-state index contributed by atoms with van der Waals surface area (Å²) in [7, 11) is 0.925. The van der Waals surface area contributed by atoms with Crippen LogP contribution in [0, 0.1) is 12.7 Å². The number of alkyl halides is 3. The van der Waals surface area contributed by atoms with Gasteiger partial charge in [0, 0.05) is 81.2 Å². The summed E-state index contributed by atoms with van der Waals surface area (Å²) in [5.41, 5.74) is 3.35. The number of benzene rings is 2. The standard InChI is InChI=1S/C32H40BrFN9O2P.C2HF3O2/c1-20-25(43-12-8-21(9-13-43)42-16-14-41(2)15-17-42)18-26(45-3)29(27(20)34)39-32-37-19-22(33)31(40-32)38-24-7-6-23-28(36-11-10-35-23)30(24)46(4,5)44;3-2(4,5)1(6)7/h6-7,10-11,18-19,21H,8-9,12-17H2,1-5H3,(H2,37,38,39,40);(H,6,7). The number of likely N-dealkylation sites (N-methyl/N-ethyl adjacent to an activating group) is 1. The smallest absolute Gasteiger partial charge is 0.490 e. The molecule has 0 unspecified atom stereocenters. The van der Waals surface area contributed by atoms with Crippen LogP contribution in [0.3, 0.4) is 0 Å². The molecule has 53 heavy (non-hydrogen) atoms. The molecular weight excluding hydrogens is 785 g/mol. The number of carboxylic acids is 1. The zero-order chi connectivity index (χ0) is 38.7. The minimum atomic E-state index is -5.08. The molecule has 19 heteroatoms. The molecule has 0 aliphatic carbocycles. The number of piperazine rings is 1. The van der Waals surface area contributed by atoms with Crippen LogP contribution in [-0.4, -0.2) is 120 Å². The van der Waals surface area contributed by atoms with Crippen LogP contribution in [0.2, 0.25) is 0 Å². The third-order valence-electron chi connectivity index (χ3n) is 9.16. The molecular formula is C34H41BrF4N9O4P. The second-order valence-electron chi connectivity index (χ2n) is 13.1. The normalized spacial score (nSPS) is 16.2. The minimum absolute atomic E-state index is 0.164. The van der Waals surface area contributed by atoms with Crippen molar-refractivity contribution in [3.8, 4) is 5.75 Å². The molecule has 13 nitrogen and oxygen atoms in total. The van der Waals surface area contributed by atoms with Crippen molar-refractivity contribution in [1.82, 2.24) is 29.7 Å². The minimum Gasteiger partial charge on any atom is -0.494 e. The number of ether oxygens (including phenoxy) is 1. The van der Waals surface area contributed by atoms with E-state index in [4.69, 9.17) is 14.6 Å². The number of piperidine rings is 1. The number of aliphatic carboxylic acids is 1. The molecule has 3 N–H and O–H groups in total. The number of halogens is 5. The SMILES string of the molecule is COc1cc(N2CCC(N3CCN(C)CC3)CC2)c(C)c(F)c1Nc1ncc(Br)c(Nc2ccc3nccnc3c2P(C)(C)=O)n1.O=C(O)C(F)(F)F. The van der Waals surface area contributed by atoms with Crippen LogP contribution >= 0.6 is 23.1 Å². The zero-order valence-corrected chi connectivity index (χ0v) is 32.3. The first-order valence-electron chi connectivity index (χ1n) is 16.7. The number of hydrogen-bond donors (Lipinski definition) is 3. The number of carbonyl (C=O) groups is 1. The van der Waals surface area contributed by atoms with Crippen molar-refractivity contribution in [2.75, 3.05) is 82.3 Å². The van der Waals surface area contributed by atoms with Crippen molar-refractivity contribution < 1.29 is 36.8 Å². The van der Waals surface area contributed by atoms with E-state index in [1.807, 2.05) is 18.2 Å². The summed E-state index contributed by atoms with van der Waals surface area (Å²) in [5, 5.41) is 14.0. The van der Waals surface area contributed by atoms with Gasteiger partial charge in [0.05, 0.1) is 28.1 Å². The molecule has 0 spiro atoms. The van der Waals surface area contributed by atoms with E-state index in [2.05, 4.69) is 68.2 Å². The lowest BCUT2D eigenvalue weighted by atomic mass is 10.00. The van der Waals surface area contributed by atoms with Crippen LogP contribution in [0.1, 0.15) is 18.4 Å².